The van der Waals surface area contributed by atoms with Crippen LogP contribution in [0.1, 0.15) is 66.9 Å². The van der Waals surface area contributed by atoms with E-state index in [9.17, 15) is 13.2 Å². The maximum atomic E-state index is 13.2. The molecule has 2 aliphatic heterocycles. The van der Waals surface area contributed by atoms with E-state index in [0.29, 0.717) is 25.2 Å². The second-order valence-electron chi connectivity index (χ2n) is 9.44. The largest absolute Gasteiger partial charge is 0.497 e. The van der Waals surface area contributed by atoms with Gasteiger partial charge in [0, 0.05) is 25.2 Å². The molecule has 7 nitrogen and oxygen atoms in total. The Labute approximate surface area is 209 Å². The molecule has 8 heteroatoms. The molecule has 0 bridgehead atoms. The van der Waals surface area contributed by atoms with Crippen molar-refractivity contribution in [2.45, 2.75) is 55.9 Å². The number of methoxy groups -OCH3 is 1. The van der Waals surface area contributed by atoms with Crippen LogP contribution in [0.5, 0.6) is 5.75 Å². The molecular formula is C27H37N3O4S. The van der Waals surface area contributed by atoms with Crippen molar-refractivity contribution < 1.29 is 17.9 Å². The zero-order valence-electron chi connectivity index (χ0n) is 20.6. The van der Waals surface area contributed by atoms with Crippen molar-refractivity contribution in [3.8, 4) is 5.75 Å². The van der Waals surface area contributed by atoms with Gasteiger partial charge in [-0.25, -0.2) is 8.42 Å². The van der Waals surface area contributed by atoms with Gasteiger partial charge in [0.1, 0.15) is 5.75 Å². The van der Waals surface area contributed by atoms with E-state index in [1.165, 1.54) is 12.5 Å². The Morgan fingerprint density at radius 1 is 0.914 bits per heavy atom. The van der Waals surface area contributed by atoms with Gasteiger partial charge in [-0.1, -0.05) is 37.5 Å². The highest BCUT2D eigenvalue weighted by molar-refractivity contribution is 7.89. The third-order valence-corrected chi connectivity index (χ3v) is 8.98. The molecule has 2 aromatic carbocycles. The standard InChI is InChI=1S/C27H37N3O4S/c1-34-24-14-12-22(13-15-24)26(29-16-5-4-6-17-29)21-28-27(31)23-10-9-11-25(20-23)35(32,33)30-18-7-2-3-8-19-30/h9-15,20,26H,2-8,16-19,21H2,1H3,(H,28,31)/t26-/m1/s1. The Bertz CT molecular complexity index is 1070. The summed E-state index contributed by atoms with van der Waals surface area (Å²) in [6, 6.07) is 14.5. The predicted octanol–water partition coefficient (Wildman–Crippen LogP) is 4.22. The summed E-state index contributed by atoms with van der Waals surface area (Å²) in [7, 11) is -1.95. The fourth-order valence-electron chi connectivity index (χ4n) is 5.03. The summed E-state index contributed by atoms with van der Waals surface area (Å²) in [5.74, 6) is 0.547. The number of likely N-dealkylation sites (tertiary alicyclic amines) is 1. The van der Waals surface area contributed by atoms with Crippen LogP contribution in [0.15, 0.2) is 53.4 Å². The lowest BCUT2D eigenvalue weighted by Crippen LogP contribution is -2.40. The summed E-state index contributed by atoms with van der Waals surface area (Å²) < 4.78 is 33.3. The number of amides is 1. The first-order valence-electron chi connectivity index (χ1n) is 12.8. The van der Waals surface area contributed by atoms with Gasteiger partial charge in [0.25, 0.3) is 5.91 Å². The summed E-state index contributed by atoms with van der Waals surface area (Å²) in [6.07, 6.45) is 7.40. The molecule has 2 fully saturated rings. The van der Waals surface area contributed by atoms with Crippen molar-refractivity contribution in [1.29, 1.82) is 0 Å². The van der Waals surface area contributed by atoms with Gasteiger partial charge in [0.2, 0.25) is 10.0 Å². The maximum absolute atomic E-state index is 13.2. The topological polar surface area (TPSA) is 78.9 Å². The molecule has 35 heavy (non-hydrogen) atoms. The Morgan fingerprint density at radius 3 is 2.20 bits per heavy atom. The smallest absolute Gasteiger partial charge is 0.251 e. The predicted molar refractivity (Wildman–Crippen MR) is 137 cm³/mol. The second kappa shape index (κ2) is 12.0. The molecule has 190 valence electrons. The number of sulfonamides is 1. The number of carbonyl (C=O) groups is 1. The average Bonchev–Trinajstić information content (AvgIpc) is 3.20. The van der Waals surface area contributed by atoms with Gasteiger partial charge >= 0.3 is 0 Å². The Morgan fingerprint density at radius 2 is 1.54 bits per heavy atom. The molecule has 2 aliphatic rings. The van der Waals surface area contributed by atoms with Crippen LogP contribution in [0.3, 0.4) is 0 Å². The molecule has 0 radical (unpaired) electrons. The van der Waals surface area contributed by atoms with E-state index >= 15 is 0 Å². The molecule has 1 N–H and O–H groups in total. The van der Waals surface area contributed by atoms with E-state index in [1.54, 1.807) is 29.6 Å². The number of rotatable bonds is 8. The first-order chi connectivity index (χ1) is 17.0. The number of piperidine rings is 1. The molecule has 0 saturated carbocycles. The van der Waals surface area contributed by atoms with E-state index in [0.717, 1.165) is 62.9 Å². The SMILES string of the molecule is COc1ccc([C@@H](CNC(=O)c2cccc(S(=O)(=O)N3CCCCCC3)c2)N2CCCCC2)cc1. The highest BCUT2D eigenvalue weighted by atomic mass is 32.2. The molecule has 2 heterocycles. The Hall–Kier alpha value is -2.42. The summed E-state index contributed by atoms with van der Waals surface area (Å²) in [6.45, 7) is 3.52. The molecule has 1 amide bonds. The van der Waals surface area contributed by atoms with Gasteiger partial charge in [0.15, 0.2) is 0 Å². The van der Waals surface area contributed by atoms with E-state index in [4.69, 9.17) is 4.74 Å². The van der Waals surface area contributed by atoms with Gasteiger partial charge in [-0.3, -0.25) is 9.69 Å². The van der Waals surface area contributed by atoms with Crippen molar-refractivity contribution in [2.75, 3.05) is 39.8 Å². The maximum Gasteiger partial charge on any atom is 0.251 e. The van der Waals surface area contributed by atoms with Crippen LogP contribution in [0.4, 0.5) is 0 Å². The number of hydrogen-bond acceptors (Lipinski definition) is 5. The zero-order chi connectivity index (χ0) is 24.7. The molecule has 0 spiro atoms. The van der Waals surface area contributed by atoms with Crippen molar-refractivity contribution in [3.05, 3.63) is 59.7 Å². The van der Waals surface area contributed by atoms with E-state index in [2.05, 4.69) is 22.3 Å². The lowest BCUT2D eigenvalue weighted by molar-refractivity contribution is 0.0924. The highest BCUT2D eigenvalue weighted by Crippen LogP contribution is 2.26. The van der Waals surface area contributed by atoms with Crippen LogP contribution in [-0.2, 0) is 10.0 Å². The number of benzene rings is 2. The number of carbonyl (C=O) groups excluding carboxylic acids is 1. The number of ether oxygens (including phenoxy) is 1. The molecule has 0 unspecified atom stereocenters. The van der Waals surface area contributed by atoms with Gasteiger partial charge in [-0.15, -0.1) is 0 Å². The third kappa shape index (κ3) is 6.42. The molecule has 2 saturated heterocycles. The Kier molecular flexibility index (Phi) is 8.81. The van der Waals surface area contributed by atoms with Crippen molar-refractivity contribution in [1.82, 2.24) is 14.5 Å². The molecule has 2 aromatic rings. The summed E-state index contributed by atoms with van der Waals surface area (Å²) in [5, 5.41) is 3.07. The summed E-state index contributed by atoms with van der Waals surface area (Å²) >= 11 is 0. The molecular weight excluding hydrogens is 462 g/mol. The quantitative estimate of drug-likeness (QED) is 0.589. The number of hydrogen-bond donors (Lipinski definition) is 1. The molecule has 4 rings (SSSR count). The fourth-order valence-corrected chi connectivity index (χ4v) is 6.60. The minimum absolute atomic E-state index is 0.0502. The van der Waals surface area contributed by atoms with Crippen molar-refractivity contribution >= 4 is 15.9 Å². The number of nitrogens with zero attached hydrogens (tertiary/aromatic N) is 2. The lowest BCUT2D eigenvalue weighted by atomic mass is 10.0. The van der Waals surface area contributed by atoms with Crippen LogP contribution in [0.25, 0.3) is 0 Å². The van der Waals surface area contributed by atoms with Gasteiger partial charge < -0.3 is 10.1 Å². The van der Waals surface area contributed by atoms with Crippen LogP contribution in [0, 0.1) is 0 Å². The minimum Gasteiger partial charge on any atom is -0.497 e. The van der Waals surface area contributed by atoms with Crippen LogP contribution >= 0.6 is 0 Å². The van der Waals surface area contributed by atoms with E-state index in [-0.39, 0.29) is 16.8 Å². The minimum atomic E-state index is -3.61. The molecule has 0 aliphatic carbocycles. The average molecular weight is 500 g/mol. The molecule has 1 atom stereocenters. The lowest BCUT2D eigenvalue weighted by Gasteiger charge is -2.35. The van der Waals surface area contributed by atoms with Crippen LogP contribution in [0.2, 0.25) is 0 Å². The Balaban J connectivity index is 1.48. The number of nitrogens with one attached hydrogen (secondary N) is 1. The first-order valence-corrected chi connectivity index (χ1v) is 14.2. The van der Waals surface area contributed by atoms with Gasteiger partial charge in [-0.05, 0) is 74.7 Å². The van der Waals surface area contributed by atoms with Crippen molar-refractivity contribution in [3.63, 3.8) is 0 Å². The van der Waals surface area contributed by atoms with Crippen LogP contribution < -0.4 is 10.1 Å². The second-order valence-corrected chi connectivity index (χ2v) is 11.4. The summed E-state index contributed by atoms with van der Waals surface area (Å²) in [4.78, 5) is 15.7. The summed E-state index contributed by atoms with van der Waals surface area (Å²) in [5.41, 5.74) is 1.50. The third-order valence-electron chi connectivity index (χ3n) is 7.09. The first kappa shape index (κ1) is 25.7. The van der Waals surface area contributed by atoms with E-state index < -0.39 is 10.0 Å². The zero-order valence-corrected chi connectivity index (χ0v) is 21.4. The van der Waals surface area contributed by atoms with Gasteiger partial charge in [-0.2, -0.15) is 4.31 Å². The van der Waals surface area contributed by atoms with Gasteiger partial charge in [0.05, 0.1) is 18.0 Å². The fraction of sp³-hybridized carbons (Fsp3) is 0.519. The molecule has 0 aromatic heterocycles. The van der Waals surface area contributed by atoms with Crippen molar-refractivity contribution in [2.24, 2.45) is 0 Å². The highest BCUT2D eigenvalue weighted by Gasteiger charge is 2.27. The van der Waals surface area contributed by atoms with Crippen LogP contribution in [-0.4, -0.2) is 63.4 Å². The normalized spacial score (nSPS) is 19.0. The monoisotopic (exact) mass is 499 g/mol. The van der Waals surface area contributed by atoms with E-state index in [1.807, 2.05) is 12.1 Å².